The molecule has 1 aliphatic rings. The number of imide groups is 1. The van der Waals surface area contributed by atoms with E-state index >= 15 is 0 Å². The summed E-state index contributed by atoms with van der Waals surface area (Å²) >= 11 is 1.12. The van der Waals surface area contributed by atoms with E-state index in [0.29, 0.717) is 11.1 Å². The second kappa shape index (κ2) is 8.04. The molecule has 31 heavy (non-hydrogen) atoms. The van der Waals surface area contributed by atoms with Crippen LogP contribution in [0.1, 0.15) is 21.5 Å². The van der Waals surface area contributed by atoms with Crippen molar-refractivity contribution >= 4 is 40.1 Å². The molecule has 0 unspecified atom stereocenters. The number of nitrogens with zero attached hydrogens (tertiary/aromatic N) is 1. The monoisotopic (exact) mass is 434 g/mol. The third-order valence-corrected chi connectivity index (χ3v) is 5.83. The van der Waals surface area contributed by atoms with Crippen LogP contribution >= 0.6 is 11.3 Å². The molecule has 1 fully saturated rings. The van der Waals surface area contributed by atoms with Crippen LogP contribution in [0.5, 0.6) is 0 Å². The standard InChI is InChI=1S/C22H18N4O4S/c23-18(28)16-11-12-31-19(16)24-17(27)13-26-20(29)22(25-21(26)30,14-7-3-1-4-8-14)15-9-5-2-6-10-15/h1-12H,13H2,(H2,23,28)(H,24,27)(H,25,30). The molecule has 9 heteroatoms. The Kier molecular flexibility index (Phi) is 5.26. The van der Waals surface area contributed by atoms with E-state index in [2.05, 4.69) is 10.6 Å². The minimum absolute atomic E-state index is 0.165. The Labute approximate surface area is 181 Å². The van der Waals surface area contributed by atoms with Crippen molar-refractivity contribution in [3.05, 3.63) is 88.8 Å². The summed E-state index contributed by atoms with van der Waals surface area (Å²) in [5, 5.41) is 7.21. The Bertz CT molecular complexity index is 1120. The molecule has 0 saturated carbocycles. The minimum atomic E-state index is -1.44. The molecular weight excluding hydrogens is 416 g/mol. The first-order valence-electron chi connectivity index (χ1n) is 9.36. The summed E-state index contributed by atoms with van der Waals surface area (Å²) in [5.74, 6) is -1.87. The van der Waals surface area contributed by atoms with Crippen LogP contribution in [-0.2, 0) is 15.1 Å². The lowest BCUT2D eigenvalue weighted by atomic mass is 9.82. The number of amides is 5. The first-order chi connectivity index (χ1) is 14.9. The zero-order chi connectivity index (χ0) is 22.0. The first kappa shape index (κ1) is 20.3. The van der Waals surface area contributed by atoms with Crippen LogP contribution < -0.4 is 16.4 Å². The highest BCUT2D eigenvalue weighted by Gasteiger charge is 2.54. The number of hydrogen-bond donors (Lipinski definition) is 3. The maximum atomic E-state index is 13.5. The second-order valence-electron chi connectivity index (χ2n) is 6.88. The Morgan fingerprint density at radius 3 is 2.10 bits per heavy atom. The number of benzene rings is 2. The highest BCUT2D eigenvalue weighted by Crippen LogP contribution is 2.36. The Balaban J connectivity index is 1.64. The molecule has 4 rings (SSSR count). The zero-order valence-corrected chi connectivity index (χ0v) is 17.0. The number of anilines is 1. The van der Waals surface area contributed by atoms with Crippen molar-refractivity contribution in [1.29, 1.82) is 0 Å². The summed E-state index contributed by atoms with van der Waals surface area (Å²) in [6.07, 6.45) is 0. The summed E-state index contributed by atoms with van der Waals surface area (Å²) in [6, 6.07) is 18.5. The van der Waals surface area contributed by atoms with Gasteiger partial charge in [-0.2, -0.15) is 0 Å². The maximum absolute atomic E-state index is 13.5. The summed E-state index contributed by atoms with van der Waals surface area (Å²) in [4.78, 5) is 51.3. The molecular formula is C22H18N4O4S. The van der Waals surface area contributed by atoms with Gasteiger partial charge >= 0.3 is 6.03 Å². The van der Waals surface area contributed by atoms with E-state index < -0.39 is 35.8 Å². The number of primary amides is 1. The Morgan fingerprint density at radius 2 is 1.55 bits per heavy atom. The van der Waals surface area contributed by atoms with Crippen molar-refractivity contribution in [3.63, 3.8) is 0 Å². The number of thiophene rings is 1. The molecule has 8 nitrogen and oxygen atoms in total. The normalized spacial score (nSPS) is 14.9. The van der Waals surface area contributed by atoms with Gasteiger partial charge in [-0.1, -0.05) is 60.7 Å². The van der Waals surface area contributed by atoms with Gasteiger partial charge < -0.3 is 16.4 Å². The van der Waals surface area contributed by atoms with E-state index in [1.807, 2.05) is 12.1 Å². The van der Waals surface area contributed by atoms with Crippen LogP contribution in [-0.4, -0.2) is 35.2 Å². The molecule has 3 aromatic rings. The summed E-state index contributed by atoms with van der Waals surface area (Å²) in [5.41, 5.74) is 5.18. The number of carbonyl (C=O) groups excluding carboxylic acids is 4. The summed E-state index contributed by atoms with van der Waals surface area (Å²) in [6.45, 7) is -0.512. The first-order valence-corrected chi connectivity index (χ1v) is 10.2. The molecule has 1 aliphatic heterocycles. The van der Waals surface area contributed by atoms with E-state index in [1.165, 1.54) is 6.07 Å². The van der Waals surface area contributed by atoms with Crippen LogP contribution in [0.15, 0.2) is 72.1 Å². The fraction of sp³-hybridized carbons (Fsp3) is 0.0909. The van der Waals surface area contributed by atoms with Gasteiger partial charge in [0.05, 0.1) is 5.56 Å². The molecule has 4 N–H and O–H groups in total. The van der Waals surface area contributed by atoms with Gasteiger partial charge in [-0.15, -0.1) is 11.3 Å². The molecule has 0 atom stereocenters. The van der Waals surface area contributed by atoms with Gasteiger partial charge in [0.15, 0.2) is 5.54 Å². The molecule has 0 spiro atoms. The van der Waals surface area contributed by atoms with Gasteiger partial charge in [-0.3, -0.25) is 19.3 Å². The summed E-state index contributed by atoms with van der Waals surface area (Å²) in [7, 11) is 0. The topological polar surface area (TPSA) is 122 Å². The van der Waals surface area contributed by atoms with Crippen molar-refractivity contribution < 1.29 is 19.2 Å². The van der Waals surface area contributed by atoms with Crippen LogP contribution in [0.4, 0.5) is 9.80 Å². The quantitative estimate of drug-likeness (QED) is 0.515. The molecule has 2 aromatic carbocycles. The molecule has 0 radical (unpaired) electrons. The molecule has 0 bridgehead atoms. The van der Waals surface area contributed by atoms with Crippen molar-refractivity contribution in [2.24, 2.45) is 5.73 Å². The van der Waals surface area contributed by atoms with Gasteiger partial charge in [0, 0.05) is 0 Å². The van der Waals surface area contributed by atoms with Crippen molar-refractivity contribution in [2.75, 3.05) is 11.9 Å². The second-order valence-corrected chi connectivity index (χ2v) is 7.80. The number of nitrogens with one attached hydrogen (secondary N) is 2. The molecule has 1 saturated heterocycles. The lowest BCUT2D eigenvalue weighted by Gasteiger charge is -2.27. The fourth-order valence-electron chi connectivity index (χ4n) is 3.56. The van der Waals surface area contributed by atoms with Crippen LogP contribution in [0.2, 0.25) is 0 Å². The number of hydrogen-bond acceptors (Lipinski definition) is 5. The highest BCUT2D eigenvalue weighted by molar-refractivity contribution is 7.14. The van der Waals surface area contributed by atoms with Crippen LogP contribution in [0.25, 0.3) is 0 Å². The predicted molar refractivity (Wildman–Crippen MR) is 115 cm³/mol. The van der Waals surface area contributed by atoms with Crippen molar-refractivity contribution in [2.45, 2.75) is 5.54 Å². The zero-order valence-electron chi connectivity index (χ0n) is 16.2. The number of rotatable bonds is 6. The van der Waals surface area contributed by atoms with Crippen LogP contribution in [0, 0.1) is 0 Å². The number of urea groups is 1. The SMILES string of the molecule is NC(=O)c1ccsc1NC(=O)CN1C(=O)NC(c2ccccc2)(c2ccccc2)C1=O. The minimum Gasteiger partial charge on any atom is -0.366 e. The summed E-state index contributed by atoms with van der Waals surface area (Å²) < 4.78 is 0. The Morgan fingerprint density at radius 1 is 0.968 bits per heavy atom. The third-order valence-electron chi connectivity index (χ3n) is 5.00. The van der Waals surface area contributed by atoms with Crippen LogP contribution in [0.3, 0.4) is 0 Å². The van der Waals surface area contributed by atoms with Crippen molar-refractivity contribution in [1.82, 2.24) is 10.2 Å². The number of carbonyl (C=O) groups is 4. The van der Waals surface area contributed by atoms with E-state index in [-0.39, 0.29) is 10.6 Å². The van der Waals surface area contributed by atoms with Gasteiger partial charge in [-0.05, 0) is 22.6 Å². The molecule has 5 amide bonds. The van der Waals surface area contributed by atoms with Crippen molar-refractivity contribution in [3.8, 4) is 0 Å². The molecule has 156 valence electrons. The van der Waals surface area contributed by atoms with E-state index in [1.54, 1.807) is 53.9 Å². The maximum Gasteiger partial charge on any atom is 0.326 e. The van der Waals surface area contributed by atoms with E-state index in [0.717, 1.165) is 16.2 Å². The molecule has 2 heterocycles. The number of nitrogens with two attached hydrogens (primary N) is 1. The van der Waals surface area contributed by atoms with Gasteiger partial charge in [0.1, 0.15) is 11.5 Å². The molecule has 1 aromatic heterocycles. The average Bonchev–Trinajstić information content (AvgIpc) is 3.33. The smallest absolute Gasteiger partial charge is 0.326 e. The lowest BCUT2D eigenvalue weighted by Crippen LogP contribution is -2.45. The van der Waals surface area contributed by atoms with E-state index in [9.17, 15) is 19.2 Å². The highest BCUT2D eigenvalue weighted by atomic mass is 32.1. The van der Waals surface area contributed by atoms with Gasteiger partial charge in [0.25, 0.3) is 11.8 Å². The Hall–Kier alpha value is -3.98. The largest absolute Gasteiger partial charge is 0.366 e. The van der Waals surface area contributed by atoms with Gasteiger partial charge in [0.2, 0.25) is 5.91 Å². The molecule has 0 aliphatic carbocycles. The van der Waals surface area contributed by atoms with E-state index in [4.69, 9.17) is 5.73 Å². The van der Waals surface area contributed by atoms with Gasteiger partial charge in [-0.25, -0.2) is 4.79 Å². The third kappa shape index (κ3) is 3.55. The predicted octanol–water partition coefficient (Wildman–Crippen LogP) is 2.28. The average molecular weight is 434 g/mol. The lowest BCUT2D eigenvalue weighted by molar-refractivity contribution is -0.133. The fourth-order valence-corrected chi connectivity index (χ4v) is 4.37.